The lowest BCUT2D eigenvalue weighted by Crippen LogP contribution is -2.48. The van der Waals surface area contributed by atoms with Crippen LogP contribution in [0.1, 0.15) is 25.5 Å². The van der Waals surface area contributed by atoms with E-state index in [0.717, 1.165) is 36.4 Å². The lowest BCUT2D eigenvalue weighted by molar-refractivity contribution is -0.130. The quantitative estimate of drug-likeness (QED) is 0.810. The summed E-state index contributed by atoms with van der Waals surface area (Å²) in [5.41, 5.74) is 1.97. The van der Waals surface area contributed by atoms with Crippen LogP contribution in [-0.4, -0.2) is 53.3 Å². The molecule has 23 heavy (non-hydrogen) atoms. The van der Waals surface area contributed by atoms with Crippen LogP contribution in [-0.2, 0) is 10.2 Å². The second-order valence-corrected chi connectivity index (χ2v) is 7.03. The molecule has 3 rings (SSSR count). The number of aromatic nitrogens is 2. The minimum atomic E-state index is -0.150. The van der Waals surface area contributed by atoms with Crippen LogP contribution in [0.15, 0.2) is 24.5 Å². The monoisotopic (exact) mass is 334 g/mol. The minimum absolute atomic E-state index is 0.00691. The molecule has 1 atom stereocenters. The zero-order chi connectivity index (χ0) is 16.6. The second-order valence-electron chi connectivity index (χ2n) is 6.76. The van der Waals surface area contributed by atoms with E-state index in [-0.39, 0.29) is 17.2 Å². The van der Waals surface area contributed by atoms with Crippen LogP contribution in [0.5, 0.6) is 0 Å². The number of hydrogen-bond donors (Lipinski definition) is 0. The number of rotatable bonds is 3. The molecule has 2 aromatic rings. The number of halogens is 1. The fourth-order valence-electron chi connectivity index (χ4n) is 3.39. The van der Waals surface area contributed by atoms with Gasteiger partial charge in [0.2, 0.25) is 5.91 Å². The minimum Gasteiger partial charge on any atom is -0.361 e. The van der Waals surface area contributed by atoms with Crippen LogP contribution in [0.25, 0.3) is 5.52 Å². The van der Waals surface area contributed by atoms with Crippen molar-refractivity contribution in [2.75, 3.05) is 38.0 Å². The van der Waals surface area contributed by atoms with Gasteiger partial charge in [-0.15, -0.1) is 11.6 Å². The first-order valence-corrected chi connectivity index (χ1v) is 8.47. The molecule has 1 fully saturated rings. The molecule has 1 saturated heterocycles. The number of hydrogen-bond acceptors (Lipinski definition) is 3. The molecular weight excluding hydrogens is 312 g/mol. The molecular formula is C17H23ClN4O. The molecule has 0 saturated carbocycles. The first kappa shape index (κ1) is 16.1. The number of anilines is 1. The number of fused-ring (bicyclic) bond motifs is 1. The smallest absolute Gasteiger partial charge is 0.237 e. The summed E-state index contributed by atoms with van der Waals surface area (Å²) in [5, 5.41) is 0. The van der Waals surface area contributed by atoms with Crippen molar-refractivity contribution in [3.8, 4) is 0 Å². The Hall–Kier alpha value is -1.75. The summed E-state index contributed by atoms with van der Waals surface area (Å²) in [6, 6.07) is 4.10. The van der Waals surface area contributed by atoms with Crippen molar-refractivity contribution in [2.24, 2.45) is 0 Å². The van der Waals surface area contributed by atoms with E-state index in [4.69, 9.17) is 16.6 Å². The summed E-state index contributed by atoms with van der Waals surface area (Å²) >= 11 is 5.74. The molecule has 3 heterocycles. The Kier molecular flexibility index (Phi) is 4.23. The molecule has 5 nitrogen and oxygen atoms in total. The van der Waals surface area contributed by atoms with Crippen LogP contribution in [0.4, 0.5) is 5.82 Å². The molecule has 1 aliphatic rings. The molecule has 0 aromatic carbocycles. The number of alkyl halides is 1. The number of amides is 1. The maximum absolute atomic E-state index is 12.0. The third-order valence-electron chi connectivity index (χ3n) is 4.70. The van der Waals surface area contributed by atoms with Gasteiger partial charge in [-0.3, -0.25) is 4.79 Å². The zero-order valence-corrected chi connectivity index (χ0v) is 14.7. The number of piperidine rings is 1. The Morgan fingerprint density at radius 1 is 1.48 bits per heavy atom. The van der Waals surface area contributed by atoms with Gasteiger partial charge in [0, 0.05) is 45.0 Å². The fourth-order valence-corrected chi connectivity index (χ4v) is 3.56. The average Bonchev–Trinajstić information content (AvgIpc) is 3.01. The van der Waals surface area contributed by atoms with Crippen LogP contribution in [0, 0.1) is 0 Å². The lowest BCUT2D eigenvalue weighted by atomic mass is 9.79. The Balaban J connectivity index is 2.02. The second kappa shape index (κ2) is 6.04. The van der Waals surface area contributed by atoms with Gasteiger partial charge in [0.25, 0.3) is 0 Å². The van der Waals surface area contributed by atoms with E-state index in [1.807, 2.05) is 36.2 Å². The Labute approximate surface area is 141 Å². The van der Waals surface area contributed by atoms with Crippen molar-refractivity contribution < 1.29 is 4.79 Å². The van der Waals surface area contributed by atoms with Gasteiger partial charge in [-0.25, -0.2) is 4.98 Å². The van der Waals surface area contributed by atoms with Gasteiger partial charge in [0.1, 0.15) is 5.88 Å². The Morgan fingerprint density at radius 3 is 2.96 bits per heavy atom. The van der Waals surface area contributed by atoms with E-state index in [0.29, 0.717) is 6.54 Å². The van der Waals surface area contributed by atoms with Crippen molar-refractivity contribution >= 4 is 28.8 Å². The molecule has 124 valence electrons. The molecule has 1 aliphatic heterocycles. The summed E-state index contributed by atoms with van der Waals surface area (Å²) in [5.74, 6) is 1.00. The van der Waals surface area contributed by atoms with Gasteiger partial charge < -0.3 is 14.2 Å². The molecule has 0 N–H and O–H groups in total. The van der Waals surface area contributed by atoms with E-state index in [1.165, 1.54) is 0 Å². The molecule has 0 bridgehead atoms. The molecule has 1 unspecified atom stereocenters. The van der Waals surface area contributed by atoms with Gasteiger partial charge in [-0.2, -0.15) is 0 Å². The molecule has 0 radical (unpaired) electrons. The summed E-state index contributed by atoms with van der Waals surface area (Å²) in [4.78, 5) is 20.8. The molecule has 0 aliphatic carbocycles. The third-order valence-corrected chi connectivity index (χ3v) is 4.93. The molecule has 6 heteroatoms. The number of likely N-dealkylation sites (tertiary alicyclic amines) is 1. The number of nitrogens with zero attached hydrogens (tertiary/aromatic N) is 4. The van der Waals surface area contributed by atoms with Crippen LogP contribution >= 0.6 is 11.6 Å². The van der Waals surface area contributed by atoms with Crippen LogP contribution in [0.2, 0.25) is 0 Å². The largest absolute Gasteiger partial charge is 0.361 e. The molecule has 0 spiro atoms. The highest BCUT2D eigenvalue weighted by atomic mass is 35.5. The average molecular weight is 335 g/mol. The van der Waals surface area contributed by atoms with Crippen LogP contribution < -0.4 is 4.90 Å². The fraction of sp³-hybridized carbons (Fsp3) is 0.529. The predicted molar refractivity (Wildman–Crippen MR) is 93.4 cm³/mol. The molecule has 2 aromatic heterocycles. The van der Waals surface area contributed by atoms with Gasteiger partial charge in [-0.05, 0) is 25.0 Å². The van der Waals surface area contributed by atoms with Crippen molar-refractivity contribution in [2.45, 2.75) is 25.2 Å². The van der Waals surface area contributed by atoms with Gasteiger partial charge in [-0.1, -0.05) is 6.92 Å². The van der Waals surface area contributed by atoms with E-state index >= 15 is 0 Å². The SMILES string of the molecule is CN(C)c1nc(C2(C)CCCN(C(=O)CCl)C2)cn2cccc12. The number of carbonyl (C=O) groups excluding carboxylic acids is 1. The van der Waals surface area contributed by atoms with Gasteiger partial charge in [0.15, 0.2) is 5.82 Å². The number of carbonyl (C=O) groups is 1. The van der Waals surface area contributed by atoms with E-state index < -0.39 is 0 Å². The summed E-state index contributed by atoms with van der Waals surface area (Å²) in [6.45, 7) is 3.65. The standard InChI is InChI=1S/C17H23ClN4O/c1-17(7-5-9-22(12-17)15(23)10-18)14-11-21-8-4-6-13(21)16(19-14)20(2)3/h4,6,8,11H,5,7,9-10,12H2,1-3H3. The first-order valence-electron chi connectivity index (χ1n) is 7.94. The van der Waals surface area contributed by atoms with Crippen molar-refractivity contribution in [1.29, 1.82) is 0 Å². The van der Waals surface area contributed by atoms with Crippen molar-refractivity contribution in [3.63, 3.8) is 0 Å². The normalized spacial score (nSPS) is 21.7. The van der Waals surface area contributed by atoms with E-state index in [1.54, 1.807) is 0 Å². The molecule has 1 amide bonds. The third kappa shape index (κ3) is 2.90. The highest BCUT2D eigenvalue weighted by Crippen LogP contribution is 2.34. The van der Waals surface area contributed by atoms with E-state index in [9.17, 15) is 4.79 Å². The van der Waals surface area contributed by atoms with Crippen molar-refractivity contribution in [3.05, 3.63) is 30.2 Å². The summed E-state index contributed by atoms with van der Waals surface area (Å²) in [7, 11) is 4.01. The maximum atomic E-state index is 12.0. The topological polar surface area (TPSA) is 40.9 Å². The van der Waals surface area contributed by atoms with Crippen LogP contribution in [0.3, 0.4) is 0 Å². The maximum Gasteiger partial charge on any atom is 0.237 e. The van der Waals surface area contributed by atoms with E-state index in [2.05, 4.69) is 23.6 Å². The lowest BCUT2D eigenvalue weighted by Gasteiger charge is -2.40. The highest BCUT2D eigenvalue weighted by Gasteiger charge is 2.36. The van der Waals surface area contributed by atoms with Gasteiger partial charge >= 0.3 is 0 Å². The van der Waals surface area contributed by atoms with Crippen molar-refractivity contribution in [1.82, 2.24) is 14.3 Å². The first-order chi connectivity index (χ1) is 10.9. The highest BCUT2D eigenvalue weighted by molar-refractivity contribution is 6.27. The Morgan fingerprint density at radius 2 is 2.26 bits per heavy atom. The Bertz CT molecular complexity index is 726. The predicted octanol–water partition coefficient (Wildman–Crippen LogP) is 2.52. The summed E-state index contributed by atoms with van der Waals surface area (Å²) < 4.78 is 2.12. The summed E-state index contributed by atoms with van der Waals surface area (Å²) in [6.07, 6.45) is 6.13. The van der Waals surface area contributed by atoms with Gasteiger partial charge in [0.05, 0.1) is 11.2 Å². The zero-order valence-electron chi connectivity index (χ0n) is 13.9.